The highest BCUT2D eigenvalue weighted by molar-refractivity contribution is 7.81. The molecule has 2 rings (SSSR count). The standard InChI is InChI=1S/C19H20ClFN2O6S/c1-28-17(13-9-16(23(26)27)14(20)10-15(13)21)7-8-18(30)19(29-2)11-3-5-12(6-4-11)22(24)25/h3-6,9-10,17-19,30H,7-8H2,1-2H3/t17-,18-,19+/m0/s1. The Morgan fingerprint density at radius 3 is 2.20 bits per heavy atom. The summed E-state index contributed by atoms with van der Waals surface area (Å²) in [6.45, 7) is 0. The van der Waals surface area contributed by atoms with Crippen LogP contribution < -0.4 is 0 Å². The van der Waals surface area contributed by atoms with Crippen molar-refractivity contribution in [1.29, 1.82) is 0 Å². The maximum absolute atomic E-state index is 14.4. The molecule has 8 nitrogen and oxygen atoms in total. The third-order valence-corrected chi connectivity index (χ3v) is 5.49. The fourth-order valence-electron chi connectivity index (χ4n) is 3.12. The van der Waals surface area contributed by atoms with Crippen molar-refractivity contribution in [2.24, 2.45) is 0 Å². The molecule has 162 valence electrons. The van der Waals surface area contributed by atoms with E-state index in [2.05, 4.69) is 12.6 Å². The zero-order valence-electron chi connectivity index (χ0n) is 16.2. The van der Waals surface area contributed by atoms with E-state index < -0.39 is 33.6 Å². The van der Waals surface area contributed by atoms with Crippen LogP contribution in [0.1, 0.15) is 36.2 Å². The van der Waals surface area contributed by atoms with Crippen molar-refractivity contribution in [2.75, 3.05) is 14.2 Å². The van der Waals surface area contributed by atoms with Gasteiger partial charge in [0.15, 0.2) is 0 Å². The summed E-state index contributed by atoms with van der Waals surface area (Å²) in [6.07, 6.45) is -0.527. The van der Waals surface area contributed by atoms with Gasteiger partial charge in [-0.3, -0.25) is 20.2 Å². The molecule has 0 bridgehead atoms. The van der Waals surface area contributed by atoms with Crippen LogP contribution in [0, 0.1) is 26.0 Å². The summed E-state index contributed by atoms with van der Waals surface area (Å²) in [4.78, 5) is 20.7. The Morgan fingerprint density at radius 2 is 1.70 bits per heavy atom. The second-order valence-electron chi connectivity index (χ2n) is 6.46. The smallest absolute Gasteiger partial charge is 0.288 e. The number of non-ortho nitro benzene ring substituents is 1. The normalized spacial score (nSPS) is 14.2. The van der Waals surface area contributed by atoms with Crippen LogP contribution in [-0.4, -0.2) is 29.3 Å². The lowest BCUT2D eigenvalue weighted by molar-refractivity contribution is -0.385. The molecular formula is C19H20ClFN2O6S. The van der Waals surface area contributed by atoms with Crippen molar-refractivity contribution < 1.29 is 23.7 Å². The van der Waals surface area contributed by atoms with Gasteiger partial charge in [0.2, 0.25) is 0 Å². The third kappa shape index (κ3) is 5.66. The molecule has 0 heterocycles. The Balaban J connectivity index is 2.15. The quantitative estimate of drug-likeness (QED) is 0.288. The molecule has 0 aliphatic rings. The average molecular weight is 459 g/mol. The van der Waals surface area contributed by atoms with Crippen molar-refractivity contribution >= 4 is 35.6 Å². The van der Waals surface area contributed by atoms with Gasteiger partial charge in [-0.1, -0.05) is 11.6 Å². The van der Waals surface area contributed by atoms with E-state index in [-0.39, 0.29) is 21.5 Å². The Bertz CT molecular complexity index is 915. The molecule has 0 aromatic heterocycles. The minimum Gasteiger partial charge on any atom is -0.377 e. The van der Waals surface area contributed by atoms with E-state index in [1.54, 1.807) is 12.1 Å². The molecule has 0 saturated heterocycles. The van der Waals surface area contributed by atoms with Crippen molar-refractivity contribution in [3.8, 4) is 0 Å². The third-order valence-electron chi connectivity index (χ3n) is 4.65. The lowest BCUT2D eigenvalue weighted by Crippen LogP contribution is -2.17. The molecule has 0 amide bonds. The molecule has 0 fully saturated rings. The van der Waals surface area contributed by atoms with Crippen molar-refractivity contribution in [3.63, 3.8) is 0 Å². The SMILES string of the molecule is CO[C@@H](CC[C@H](S)[C@H](OC)c1ccc([N+](=O)[O-])cc1)c1cc([N+](=O)[O-])c(Cl)cc1F. The first-order chi connectivity index (χ1) is 14.2. The largest absolute Gasteiger partial charge is 0.377 e. The van der Waals surface area contributed by atoms with Gasteiger partial charge in [0.05, 0.1) is 22.1 Å². The summed E-state index contributed by atoms with van der Waals surface area (Å²) < 4.78 is 25.2. The number of methoxy groups -OCH3 is 2. The molecule has 11 heteroatoms. The molecule has 2 aromatic carbocycles. The minimum atomic E-state index is -0.759. The van der Waals surface area contributed by atoms with E-state index in [1.807, 2.05) is 0 Å². The molecule has 3 atom stereocenters. The first kappa shape index (κ1) is 24.0. The number of nitrogens with zero attached hydrogens (tertiary/aromatic N) is 2. The number of halogens is 2. The van der Waals surface area contributed by atoms with Gasteiger partial charge in [-0.05, 0) is 36.6 Å². The highest BCUT2D eigenvalue weighted by atomic mass is 35.5. The predicted molar refractivity (Wildman–Crippen MR) is 113 cm³/mol. The van der Waals surface area contributed by atoms with Crippen LogP contribution in [0.5, 0.6) is 0 Å². The lowest BCUT2D eigenvalue weighted by Gasteiger charge is -2.24. The van der Waals surface area contributed by atoms with Gasteiger partial charge >= 0.3 is 0 Å². The molecule has 0 unspecified atom stereocenters. The summed E-state index contributed by atoms with van der Waals surface area (Å²) in [7, 11) is 2.87. The number of hydrogen-bond acceptors (Lipinski definition) is 7. The number of benzene rings is 2. The van der Waals surface area contributed by atoms with Gasteiger partial charge in [0.25, 0.3) is 11.4 Å². The Labute approximate surface area is 182 Å². The monoisotopic (exact) mass is 458 g/mol. The van der Waals surface area contributed by atoms with Gasteiger partial charge in [0.1, 0.15) is 10.8 Å². The number of hydrogen-bond donors (Lipinski definition) is 1. The molecular weight excluding hydrogens is 439 g/mol. The van der Waals surface area contributed by atoms with Crippen molar-refractivity contribution in [3.05, 3.63) is 78.6 Å². The second kappa shape index (κ2) is 10.7. The number of thiol groups is 1. The zero-order valence-corrected chi connectivity index (χ0v) is 17.8. The Hall–Kier alpha value is -2.27. The molecule has 0 radical (unpaired) electrons. The van der Waals surface area contributed by atoms with E-state index in [4.69, 9.17) is 21.1 Å². The fourth-order valence-corrected chi connectivity index (χ4v) is 3.78. The molecule has 2 aromatic rings. The topological polar surface area (TPSA) is 105 Å². The van der Waals surface area contributed by atoms with Crippen molar-refractivity contribution in [2.45, 2.75) is 30.3 Å². The highest BCUT2D eigenvalue weighted by Crippen LogP contribution is 2.35. The minimum absolute atomic E-state index is 0.0263. The van der Waals surface area contributed by atoms with Gasteiger partial charge < -0.3 is 9.47 Å². The maximum Gasteiger partial charge on any atom is 0.288 e. The van der Waals surface area contributed by atoms with Crippen LogP contribution in [-0.2, 0) is 9.47 Å². The fraction of sp³-hybridized carbons (Fsp3) is 0.368. The molecule has 0 saturated carbocycles. The van der Waals surface area contributed by atoms with Gasteiger partial charge in [-0.15, -0.1) is 0 Å². The summed E-state index contributed by atoms with van der Waals surface area (Å²) >= 11 is 10.3. The molecule has 0 aliphatic heterocycles. The number of nitro benzene ring substituents is 2. The van der Waals surface area contributed by atoms with Crippen LogP contribution in [0.15, 0.2) is 36.4 Å². The van der Waals surface area contributed by atoms with Crippen LogP contribution in [0.2, 0.25) is 5.02 Å². The first-order valence-electron chi connectivity index (χ1n) is 8.80. The van der Waals surface area contributed by atoms with Crippen LogP contribution in [0.4, 0.5) is 15.8 Å². The second-order valence-corrected chi connectivity index (χ2v) is 7.53. The summed E-state index contributed by atoms with van der Waals surface area (Å²) in [5.41, 5.74) is 0.283. The molecule has 0 N–H and O–H groups in total. The van der Waals surface area contributed by atoms with E-state index in [0.29, 0.717) is 18.4 Å². The summed E-state index contributed by atoms with van der Waals surface area (Å²) in [6, 6.07) is 7.90. The van der Waals surface area contributed by atoms with Crippen LogP contribution in [0.25, 0.3) is 0 Å². The molecule has 0 spiro atoms. The molecule has 0 aliphatic carbocycles. The highest BCUT2D eigenvalue weighted by Gasteiger charge is 2.26. The Morgan fingerprint density at radius 1 is 1.07 bits per heavy atom. The number of nitro groups is 2. The van der Waals surface area contributed by atoms with Gasteiger partial charge in [-0.2, -0.15) is 12.6 Å². The van der Waals surface area contributed by atoms with Gasteiger partial charge in [0, 0.05) is 43.2 Å². The molecule has 30 heavy (non-hydrogen) atoms. The van der Waals surface area contributed by atoms with Crippen molar-refractivity contribution in [1.82, 2.24) is 0 Å². The summed E-state index contributed by atoms with van der Waals surface area (Å²) in [5.74, 6) is -0.702. The van der Waals surface area contributed by atoms with E-state index in [9.17, 15) is 24.6 Å². The zero-order chi connectivity index (χ0) is 22.4. The van der Waals surface area contributed by atoms with E-state index >= 15 is 0 Å². The predicted octanol–water partition coefficient (Wildman–Crippen LogP) is 5.45. The van der Waals surface area contributed by atoms with E-state index in [1.165, 1.54) is 26.4 Å². The van der Waals surface area contributed by atoms with Crippen LogP contribution in [0.3, 0.4) is 0 Å². The lowest BCUT2D eigenvalue weighted by atomic mass is 9.98. The maximum atomic E-state index is 14.4. The number of ether oxygens (including phenoxy) is 2. The Kier molecular flexibility index (Phi) is 8.54. The van der Waals surface area contributed by atoms with Gasteiger partial charge in [-0.25, -0.2) is 4.39 Å². The average Bonchev–Trinajstić information content (AvgIpc) is 2.70. The van der Waals surface area contributed by atoms with Crippen LogP contribution >= 0.6 is 24.2 Å². The summed E-state index contributed by atoms with van der Waals surface area (Å²) in [5, 5.41) is 21.3. The first-order valence-corrected chi connectivity index (χ1v) is 9.70. The van der Waals surface area contributed by atoms with E-state index in [0.717, 1.165) is 12.1 Å². The number of rotatable bonds is 10.